The quantitative estimate of drug-likeness (QED) is 0.319. The number of ether oxygens (including phenoxy) is 3. The Hall–Kier alpha value is -3.97. The Balaban J connectivity index is 1.83. The molecule has 0 saturated heterocycles. The number of carbonyl (C=O) groups excluding carboxylic acids is 2. The number of methoxy groups -OCH3 is 3. The molecule has 0 bridgehead atoms. The lowest BCUT2D eigenvalue weighted by Gasteiger charge is -2.18. The first-order valence-corrected chi connectivity index (χ1v) is 11.6. The van der Waals surface area contributed by atoms with E-state index in [1.807, 2.05) is 42.7 Å². The lowest BCUT2D eigenvalue weighted by molar-refractivity contribution is -0.136. The Morgan fingerprint density at radius 1 is 0.944 bits per heavy atom. The van der Waals surface area contributed by atoms with Crippen molar-refractivity contribution in [3.8, 4) is 17.2 Å². The van der Waals surface area contributed by atoms with E-state index < -0.39 is 5.97 Å². The van der Waals surface area contributed by atoms with Gasteiger partial charge in [0.05, 0.1) is 43.2 Å². The minimum absolute atomic E-state index is 0.225. The molecule has 0 N–H and O–H groups in total. The number of allylic oxidation sites excluding steroid dienone is 1. The van der Waals surface area contributed by atoms with Crippen molar-refractivity contribution in [1.29, 1.82) is 0 Å². The number of hydrogen-bond donors (Lipinski definition) is 0. The van der Waals surface area contributed by atoms with Gasteiger partial charge in [0.1, 0.15) is 11.5 Å². The molecule has 0 unspecified atom stereocenters. The SMILES string of the molecule is COC(=O)C1=C(C)N(c2cccc(OC)c2)C(=O)/C1=C\c1cc(C)n(-c2ccc(OC)c(Cl)c2)c1C. The molecule has 1 aliphatic heterocycles. The van der Waals surface area contributed by atoms with Crippen LogP contribution < -0.4 is 14.4 Å². The Morgan fingerprint density at radius 2 is 1.69 bits per heavy atom. The van der Waals surface area contributed by atoms with E-state index in [2.05, 4.69) is 0 Å². The molecule has 1 aliphatic rings. The Labute approximate surface area is 215 Å². The highest BCUT2D eigenvalue weighted by atomic mass is 35.5. The van der Waals surface area contributed by atoms with E-state index in [9.17, 15) is 9.59 Å². The van der Waals surface area contributed by atoms with Gasteiger partial charge in [-0.3, -0.25) is 9.69 Å². The molecule has 0 saturated carbocycles. The van der Waals surface area contributed by atoms with Crippen LogP contribution in [-0.4, -0.2) is 37.8 Å². The van der Waals surface area contributed by atoms with E-state index in [1.165, 1.54) is 12.0 Å². The van der Waals surface area contributed by atoms with Crippen LogP contribution in [0.1, 0.15) is 23.9 Å². The second-order valence-electron chi connectivity index (χ2n) is 8.33. The smallest absolute Gasteiger partial charge is 0.340 e. The number of halogens is 1. The number of rotatable bonds is 6. The summed E-state index contributed by atoms with van der Waals surface area (Å²) in [5, 5.41) is 0.494. The van der Waals surface area contributed by atoms with Gasteiger partial charge in [-0.05, 0) is 68.8 Å². The third-order valence-corrected chi connectivity index (χ3v) is 6.56. The summed E-state index contributed by atoms with van der Waals surface area (Å²) in [7, 11) is 4.43. The van der Waals surface area contributed by atoms with Crippen molar-refractivity contribution in [2.75, 3.05) is 26.2 Å². The van der Waals surface area contributed by atoms with Crippen LogP contribution in [-0.2, 0) is 14.3 Å². The molecule has 2 heterocycles. The van der Waals surface area contributed by atoms with Crippen LogP contribution >= 0.6 is 11.6 Å². The van der Waals surface area contributed by atoms with Crippen LogP contribution in [0.3, 0.4) is 0 Å². The Kier molecular flexibility index (Phi) is 6.95. The summed E-state index contributed by atoms with van der Waals surface area (Å²) in [6.07, 6.45) is 1.74. The first-order valence-electron chi connectivity index (χ1n) is 11.2. The zero-order chi connectivity index (χ0) is 26.1. The Morgan fingerprint density at radius 3 is 2.33 bits per heavy atom. The largest absolute Gasteiger partial charge is 0.497 e. The molecular formula is C28H27ClN2O5. The topological polar surface area (TPSA) is 70.0 Å². The number of aromatic nitrogens is 1. The van der Waals surface area contributed by atoms with Gasteiger partial charge in [-0.1, -0.05) is 17.7 Å². The van der Waals surface area contributed by atoms with E-state index in [1.54, 1.807) is 51.5 Å². The van der Waals surface area contributed by atoms with E-state index >= 15 is 0 Å². The van der Waals surface area contributed by atoms with Crippen molar-refractivity contribution in [1.82, 2.24) is 4.57 Å². The normalized spacial score (nSPS) is 14.6. The summed E-state index contributed by atoms with van der Waals surface area (Å²) in [6.45, 7) is 5.65. The Bertz CT molecular complexity index is 1430. The predicted molar refractivity (Wildman–Crippen MR) is 140 cm³/mol. The lowest BCUT2D eigenvalue weighted by atomic mass is 10.0. The molecule has 1 aromatic heterocycles. The van der Waals surface area contributed by atoms with Gasteiger partial charge < -0.3 is 18.8 Å². The zero-order valence-electron chi connectivity index (χ0n) is 21.0. The van der Waals surface area contributed by atoms with Gasteiger partial charge in [0, 0.05) is 28.8 Å². The number of anilines is 1. The molecule has 0 atom stereocenters. The van der Waals surface area contributed by atoms with Gasteiger partial charge >= 0.3 is 5.97 Å². The molecule has 0 radical (unpaired) electrons. The van der Waals surface area contributed by atoms with Crippen molar-refractivity contribution < 1.29 is 23.8 Å². The third-order valence-electron chi connectivity index (χ3n) is 6.26. The number of nitrogens with zero attached hydrogens (tertiary/aromatic N) is 2. The number of hydrogen-bond acceptors (Lipinski definition) is 5. The molecule has 2 aromatic carbocycles. The molecule has 0 spiro atoms. The molecule has 186 valence electrons. The summed E-state index contributed by atoms with van der Waals surface area (Å²) >= 11 is 6.36. The number of carbonyl (C=O) groups is 2. The molecule has 7 nitrogen and oxygen atoms in total. The fraction of sp³-hybridized carbons (Fsp3) is 0.214. The molecular weight excluding hydrogens is 480 g/mol. The van der Waals surface area contributed by atoms with Crippen LogP contribution in [0.15, 0.2) is 65.4 Å². The van der Waals surface area contributed by atoms with Crippen LogP contribution in [0, 0.1) is 13.8 Å². The van der Waals surface area contributed by atoms with Gasteiger partial charge in [-0.15, -0.1) is 0 Å². The van der Waals surface area contributed by atoms with Gasteiger partial charge in [0.2, 0.25) is 0 Å². The minimum atomic E-state index is -0.576. The molecule has 0 fully saturated rings. The monoisotopic (exact) mass is 506 g/mol. The molecule has 3 aromatic rings. The summed E-state index contributed by atoms with van der Waals surface area (Å²) < 4.78 is 17.7. The van der Waals surface area contributed by atoms with Crippen molar-refractivity contribution in [3.05, 3.63) is 87.3 Å². The van der Waals surface area contributed by atoms with Crippen molar-refractivity contribution in [3.63, 3.8) is 0 Å². The van der Waals surface area contributed by atoms with E-state index in [0.29, 0.717) is 27.9 Å². The number of esters is 1. The first kappa shape index (κ1) is 25.1. The zero-order valence-corrected chi connectivity index (χ0v) is 21.8. The molecule has 36 heavy (non-hydrogen) atoms. The van der Waals surface area contributed by atoms with E-state index in [4.69, 9.17) is 25.8 Å². The average molecular weight is 507 g/mol. The van der Waals surface area contributed by atoms with Gasteiger partial charge in [0.25, 0.3) is 5.91 Å². The van der Waals surface area contributed by atoms with Gasteiger partial charge in [-0.2, -0.15) is 0 Å². The van der Waals surface area contributed by atoms with E-state index in [0.717, 1.165) is 22.6 Å². The van der Waals surface area contributed by atoms with Crippen molar-refractivity contribution in [2.24, 2.45) is 0 Å². The predicted octanol–water partition coefficient (Wildman–Crippen LogP) is 5.64. The second kappa shape index (κ2) is 9.95. The lowest BCUT2D eigenvalue weighted by Crippen LogP contribution is -2.24. The fourth-order valence-corrected chi connectivity index (χ4v) is 4.77. The van der Waals surface area contributed by atoms with Crippen molar-refractivity contribution >= 4 is 35.2 Å². The summed E-state index contributed by atoms with van der Waals surface area (Å²) in [4.78, 5) is 28.0. The summed E-state index contributed by atoms with van der Waals surface area (Å²) in [6, 6.07) is 14.6. The third kappa shape index (κ3) is 4.27. The summed E-state index contributed by atoms with van der Waals surface area (Å²) in [5.41, 5.74) is 5.05. The molecule has 8 heteroatoms. The molecule has 1 amide bonds. The van der Waals surface area contributed by atoms with Crippen molar-refractivity contribution in [2.45, 2.75) is 20.8 Å². The van der Waals surface area contributed by atoms with Crippen LogP contribution in [0.2, 0.25) is 5.02 Å². The van der Waals surface area contributed by atoms with Gasteiger partial charge in [0.15, 0.2) is 0 Å². The summed E-state index contributed by atoms with van der Waals surface area (Å²) in [5.74, 6) is 0.293. The number of amides is 1. The van der Waals surface area contributed by atoms with E-state index in [-0.39, 0.29) is 17.1 Å². The maximum atomic E-state index is 13.7. The minimum Gasteiger partial charge on any atom is -0.497 e. The number of aryl methyl sites for hydroxylation is 1. The average Bonchev–Trinajstić information content (AvgIpc) is 3.29. The van der Waals surface area contributed by atoms with Gasteiger partial charge in [-0.25, -0.2) is 4.79 Å². The standard InChI is InChI=1S/C28H27ClN2O5/c1-16-12-19(17(2)30(16)21-10-11-25(35-5)24(29)15-21)13-23-26(28(33)36-6)18(3)31(27(23)32)20-8-7-9-22(14-20)34-4/h7-15H,1-6H3/b23-13-. The first-order chi connectivity index (χ1) is 17.2. The highest BCUT2D eigenvalue weighted by molar-refractivity contribution is 6.32. The fourth-order valence-electron chi connectivity index (χ4n) is 4.52. The molecule has 0 aliphatic carbocycles. The van der Waals surface area contributed by atoms with Crippen LogP contribution in [0.25, 0.3) is 11.8 Å². The highest BCUT2D eigenvalue weighted by Crippen LogP contribution is 2.37. The number of benzene rings is 2. The van der Waals surface area contributed by atoms with Crippen LogP contribution in [0.5, 0.6) is 11.5 Å². The highest BCUT2D eigenvalue weighted by Gasteiger charge is 2.38. The maximum Gasteiger partial charge on any atom is 0.340 e. The van der Waals surface area contributed by atoms with Crippen LogP contribution in [0.4, 0.5) is 5.69 Å². The second-order valence-corrected chi connectivity index (χ2v) is 8.74. The molecule has 4 rings (SSSR count). The maximum absolute atomic E-state index is 13.7.